The number of para-hydroxylation sites is 6. The van der Waals surface area contributed by atoms with Gasteiger partial charge in [-0.3, -0.25) is 0 Å². The van der Waals surface area contributed by atoms with Gasteiger partial charge < -0.3 is 18.9 Å². The molecule has 6 heterocycles. The first-order valence-corrected chi connectivity index (χ1v) is 25.2. The first-order valence-electron chi connectivity index (χ1n) is 25.2. The lowest BCUT2D eigenvalue weighted by Gasteiger charge is -2.44. The van der Waals surface area contributed by atoms with E-state index < -0.39 is 0 Å². The highest BCUT2D eigenvalue weighted by atomic mass is 15.2. The molecule has 0 bridgehead atoms. The molecule has 17 rings (SSSR count). The number of anilines is 6. The van der Waals surface area contributed by atoms with E-state index in [0.29, 0.717) is 0 Å². The van der Waals surface area contributed by atoms with Crippen LogP contribution in [0.3, 0.4) is 0 Å². The molecule has 2 aromatic heterocycles. The molecule has 0 saturated heterocycles. The minimum atomic E-state index is -0.0436. The third-order valence-corrected chi connectivity index (χ3v) is 16.4. The van der Waals surface area contributed by atoms with Crippen LogP contribution in [-0.2, 0) is 0 Å². The maximum atomic E-state index is 2.65. The summed E-state index contributed by atoms with van der Waals surface area (Å²) in [6, 6.07) is 91.1. The summed E-state index contributed by atoms with van der Waals surface area (Å²) in [7, 11) is 0. The predicted octanol–water partition coefficient (Wildman–Crippen LogP) is 12.4. The van der Waals surface area contributed by atoms with Gasteiger partial charge in [-0.15, -0.1) is 0 Å². The highest BCUT2D eigenvalue weighted by molar-refractivity contribution is 7.03. The van der Waals surface area contributed by atoms with Gasteiger partial charge in [-0.25, -0.2) is 0 Å². The Hall–Kier alpha value is -9.25. The summed E-state index contributed by atoms with van der Waals surface area (Å²) in [4.78, 5) is 5.18. The molecule has 0 amide bonds. The second kappa shape index (κ2) is 14.2. The summed E-state index contributed by atoms with van der Waals surface area (Å²) in [6.45, 7) is -0.0872. The highest BCUT2D eigenvalue weighted by Gasteiger charge is 2.48. The first-order chi connectivity index (χ1) is 35.8. The second-order valence-corrected chi connectivity index (χ2v) is 19.9. The van der Waals surface area contributed by atoms with Crippen molar-refractivity contribution in [2.45, 2.75) is 0 Å². The van der Waals surface area contributed by atoms with Crippen LogP contribution in [0.5, 0.6) is 0 Å². The van der Waals surface area contributed by atoms with Crippen molar-refractivity contribution in [2.24, 2.45) is 0 Å². The maximum absolute atomic E-state index is 2.65. The van der Waals surface area contributed by atoms with E-state index >= 15 is 0 Å². The van der Waals surface area contributed by atoms with E-state index in [-0.39, 0.29) is 13.4 Å². The molecule has 4 nitrogen and oxygen atoms in total. The van der Waals surface area contributed by atoms with Crippen molar-refractivity contribution in [3.8, 4) is 33.6 Å². The summed E-state index contributed by atoms with van der Waals surface area (Å²) in [6.07, 6.45) is 0. The first kappa shape index (κ1) is 38.6. The van der Waals surface area contributed by atoms with Crippen molar-refractivity contribution >= 4 is 124 Å². The summed E-state index contributed by atoms with van der Waals surface area (Å²) < 4.78 is 5.16. The number of aromatic nitrogens is 2. The van der Waals surface area contributed by atoms with Crippen molar-refractivity contribution in [1.82, 2.24) is 9.13 Å². The fourth-order valence-electron chi connectivity index (χ4n) is 13.7. The summed E-state index contributed by atoms with van der Waals surface area (Å²) in [5.74, 6) is 0. The number of rotatable bonds is 4. The molecule has 72 heavy (non-hydrogen) atoms. The largest absolute Gasteiger partial charge is 0.311 e. The van der Waals surface area contributed by atoms with Gasteiger partial charge in [0.05, 0.1) is 22.1 Å². The molecule has 0 unspecified atom stereocenters. The zero-order valence-corrected chi connectivity index (χ0v) is 39.0. The number of fused-ring (bicyclic) bond motifs is 16. The lowest BCUT2D eigenvalue weighted by Crippen LogP contribution is -2.64. The van der Waals surface area contributed by atoms with Crippen molar-refractivity contribution in [3.63, 3.8) is 0 Å². The smallest absolute Gasteiger partial charge is 0.252 e. The lowest BCUT2D eigenvalue weighted by atomic mass is 9.30. The topological polar surface area (TPSA) is 16.3 Å². The molecule has 13 aromatic rings. The van der Waals surface area contributed by atoms with Gasteiger partial charge in [0.15, 0.2) is 0 Å². The zero-order chi connectivity index (χ0) is 46.8. The Balaban J connectivity index is 1.06. The third-order valence-electron chi connectivity index (χ3n) is 16.4. The van der Waals surface area contributed by atoms with Crippen LogP contribution in [0.15, 0.2) is 243 Å². The van der Waals surface area contributed by atoms with Crippen LogP contribution in [0.25, 0.3) is 77.2 Å². The van der Waals surface area contributed by atoms with Gasteiger partial charge in [-0.2, -0.15) is 0 Å². The zero-order valence-electron chi connectivity index (χ0n) is 39.0. The average molecular weight is 911 g/mol. The molecule has 0 atom stereocenters. The van der Waals surface area contributed by atoms with Gasteiger partial charge >= 0.3 is 0 Å². The Morgan fingerprint density at radius 3 is 1.10 bits per heavy atom. The normalized spacial score (nSPS) is 13.4. The molecular weight excluding hydrogens is 870 g/mol. The van der Waals surface area contributed by atoms with Crippen molar-refractivity contribution in [3.05, 3.63) is 243 Å². The van der Waals surface area contributed by atoms with Gasteiger partial charge in [0.25, 0.3) is 13.4 Å². The number of hydrogen-bond donors (Lipinski definition) is 0. The lowest BCUT2D eigenvalue weighted by molar-refractivity contribution is 1.18. The molecule has 0 spiro atoms. The van der Waals surface area contributed by atoms with Gasteiger partial charge in [0.2, 0.25) is 0 Å². The van der Waals surface area contributed by atoms with Crippen LogP contribution < -0.4 is 42.6 Å². The molecule has 4 aliphatic rings. The number of benzene rings is 11. The second-order valence-electron chi connectivity index (χ2n) is 19.9. The van der Waals surface area contributed by atoms with Gasteiger partial charge in [0, 0.05) is 67.0 Å². The van der Waals surface area contributed by atoms with E-state index in [0.717, 1.165) is 11.4 Å². The highest BCUT2D eigenvalue weighted by Crippen LogP contribution is 2.50. The van der Waals surface area contributed by atoms with E-state index in [9.17, 15) is 0 Å². The van der Waals surface area contributed by atoms with E-state index in [2.05, 4.69) is 262 Å². The number of hydrogen-bond acceptors (Lipinski definition) is 2. The molecule has 0 radical (unpaired) electrons. The van der Waals surface area contributed by atoms with E-state index in [1.807, 2.05) is 0 Å². The molecule has 0 aliphatic carbocycles. The standard InChI is InChI=1S/C66H40B2N4/c1-5-21-41(22-6-1)47-37-59-63-65-61(47)45-29-13-17-33-53(45)71(65)55-35-19-15-31-49(55)67(63)51-39-52-58(40-57(51)69(59)43-25-9-3-10-26-43)70(44-27-11-4-12-28-44)60-38-48(42-23-7-2-8-24-42)62-46-30-14-18-34-54(46)72-56-36-20-16-32-50(56)68(52)64(60)66(62)72/h1-40H. The van der Waals surface area contributed by atoms with Crippen molar-refractivity contribution < 1.29 is 0 Å². The third kappa shape index (κ3) is 4.88. The Bertz CT molecular complexity index is 4180. The Morgan fingerprint density at radius 2 is 0.653 bits per heavy atom. The quantitative estimate of drug-likeness (QED) is 0.164. The van der Waals surface area contributed by atoms with Gasteiger partial charge in [-0.1, -0.05) is 176 Å². The fraction of sp³-hybridized carbons (Fsp3) is 0. The minimum Gasteiger partial charge on any atom is -0.311 e. The summed E-state index contributed by atoms with van der Waals surface area (Å²) in [5, 5.41) is 5.16. The van der Waals surface area contributed by atoms with E-state index in [1.165, 1.54) is 133 Å². The van der Waals surface area contributed by atoms with Crippen LogP contribution in [0.4, 0.5) is 34.1 Å². The van der Waals surface area contributed by atoms with Crippen molar-refractivity contribution in [1.29, 1.82) is 0 Å². The Morgan fingerprint density at radius 1 is 0.278 bits per heavy atom. The number of nitrogens with zero attached hydrogens (tertiary/aromatic N) is 4. The van der Waals surface area contributed by atoms with Crippen LogP contribution in [0.2, 0.25) is 0 Å². The minimum absolute atomic E-state index is 0.0436. The van der Waals surface area contributed by atoms with Crippen LogP contribution in [-0.4, -0.2) is 22.6 Å². The van der Waals surface area contributed by atoms with Crippen LogP contribution >= 0.6 is 0 Å². The summed E-state index contributed by atoms with van der Waals surface area (Å²) in [5.41, 5.74) is 27.5. The molecular formula is C66H40B2N4. The maximum Gasteiger partial charge on any atom is 0.252 e. The van der Waals surface area contributed by atoms with E-state index in [4.69, 9.17) is 0 Å². The molecule has 11 aromatic carbocycles. The predicted molar refractivity (Wildman–Crippen MR) is 305 cm³/mol. The van der Waals surface area contributed by atoms with Crippen LogP contribution in [0, 0.1) is 0 Å². The average Bonchev–Trinajstić information content (AvgIpc) is 3.99. The van der Waals surface area contributed by atoms with Crippen molar-refractivity contribution in [2.75, 3.05) is 9.80 Å². The Kier molecular flexibility index (Phi) is 7.60. The fourth-order valence-corrected chi connectivity index (χ4v) is 13.7. The molecule has 0 fully saturated rings. The molecule has 0 N–H and O–H groups in total. The van der Waals surface area contributed by atoms with Gasteiger partial charge in [0.1, 0.15) is 0 Å². The molecule has 0 saturated carbocycles. The van der Waals surface area contributed by atoms with E-state index in [1.54, 1.807) is 0 Å². The SMILES string of the molecule is c1ccc(-c2cc3c4c5c2c2ccccc2n5-c2ccccc2B4c2cc4c(cc2N3c2ccccc2)N(c2ccccc2)c2cc(-c3ccccc3)c3c5ccccc5n5c3c2B4c2ccccc2-5)cc1. The Labute approximate surface area is 417 Å². The van der Waals surface area contributed by atoms with Crippen LogP contribution in [0.1, 0.15) is 0 Å². The van der Waals surface area contributed by atoms with Gasteiger partial charge in [-0.05, 0) is 122 Å². The monoisotopic (exact) mass is 910 g/mol. The molecule has 6 heteroatoms. The molecule has 330 valence electrons. The summed E-state index contributed by atoms with van der Waals surface area (Å²) >= 11 is 0. The molecule has 4 aliphatic heterocycles.